The van der Waals surface area contributed by atoms with Gasteiger partial charge in [-0.3, -0.25) is 0 Å². The Balaban J connectivity index is 2.61. The molecule has 0 fully saturated rings. The van der Waals surface area contributed by atoms with Crippen LogP contribution >= 0.6 is 0 Å². The van der Waals surface area contributed by atoms with E-state index in [2.05, 4.69) is 10.3 Å². The Morgan fingerprint density at radius 3 is 2.80 bits per heavy atom. The monoisotopic (exact) mass is 141 g/mol. The van der Waals surface area contributed by atoms with Crippen LogP contribution in [0.3, 0.4) is 0 Å². The van der Waals surface area contributed by atoms with Gasteiger partial charge in [0.25, 0.3) is 0 Å². The van der Waals surface area contributed by atoms with Crippen molar-refractivity contribution >= 4 is 6.21 Å². The highest BCUT2D eigenvalue weighted by molar-refractivity contribution is 5.72. The predicted molar refractivity (Wildman–Crippen MR) is 39.4 cm³/mol. The van der Waals surface area contributed by atoms with Crippen LogP contribution in [0.4, 0.5) is 0 Å². The summed E-state index contributed by atoms with van der Waals surface area (Å²) in [4.78, 5) is 5.55. The number of allylic oxidation sites excluding steroid dienone is 1. The van der Waals surface area contributed by atoms with Crippen LogP contribution in [0.25, 0.3) is 0 Å². The summed E-state index contributed by atoms with van der Waals surface area (Å²) in [7, 11) is 3.79. The SMILES string of the molecule is CN(C)C1=CC=NC(O)N1. The maximum absolute atomic E-state index is 8.95. The summed E-state index contributed by atoms with van der Waals surface area (Å²) < 4.78 is 0. The van der Waals surface area contributed by atoms with Gasteiger partial charge in [0, 0.05) is 20.3 Å². The molecule has 1 unspecified atom stereocenters. The van der Waals surface area contributed by atoms with Gasteiger partial charge in [-0.05, 0) is 6.08 Å². The highest BCUT2D eigenvalue weighted by Gasteiger charge is 2.06. The quantitative estimate of drug-likeness (QED) is 0.509. The number of aliphatic hydroxyl groups excluding tert-OH is 1. The minimum absolute atomic E-state index is 0.789. The third kappa shape index (κ3) is 1.48. The van der Waals surface area contributed by atoms with E-state index < -0.39 is 6.35 Å². The van der Waals surface area contributed by atoms with Gasteiger partial charge in [-0.2, -0.15) is 0 Å². The maximum atomic E-state index is 8.95. The number of hydrogen-bond acceptors (Lipinski definition) is 4. The van der Waals surface area contributed by atoms with E-state index in [9.17, 15) is 0 Å². The van der Waals surface area contributed by atoms with Gasteiger partial charge in [-0.25, -0.2) is 4.99 Å². The van der Waals surface area contributed by atoms with Gasteiger partial charge < -0.3 is 15.3 Å². The van der Waals surface area contributed by atoms with Crippen molar-refractivity contribution in [3.8, 4) is 0 Å². The Hall–Kier alpha value is -1.03. The first-order valence-corrected chi connectivity index (χ1v) is 3.05. The van der Waals surface area contributed by atoms with Crippen molar-refractivity contribution in [2.75, 3.05) is 14.1 Å². The topological polar surface area (TPSA) is 47.9 Å². The van der Waals surface area contributed by atoms with Crippen molar-refractivity contribution in [2.24, 2.45) is 4.99 Å². The lowest BCUT2D eigenvalue weighted by Gasteiger charge is -2.22. The van der Waals surface area contributed by atoms with Crippen molar-refractivity contribution in [1.29, 1.82) is 0 Å². The Kier molecular flexibility index (Phi) is 1.91. The fourth-order valence-electron chi connectivity index (χ4n) is 0.691. The van der Waals surface area contributed by atoms with E-state index in [1.807, 2.05) is 19.0 Å². The molecule has 56 valence electrons. The number of aliphatic imine (C=N–C) groups is 1. The molecule has 1 heterocycles. The van der Waals surface area contributed by atoms with Crippen molar-refractivity contribution < 1.29 is 5.11 Å². The van der Waals surface area contributed by atoms with Gasteiger partial charge in [0.1, 0.15) is 5.82 Å². The molecule has 4 heteroatoms. The van der Waals surface area contributed by atoms with Gasteiger partial charge in [-0.1, -0.05) is 0 Å². The minimum atomic E-state index is -0.789. The second-order valence-electron chi connectivity index (χ2n) is 2.26. The van der Waals surface area contributed by atoms with Crippen LogP contribution in [0.15, 0.2) is 16.9 Å². The van der Waals surface area contributed by atoms with E-state index in [0.717, 1.165) is 5.82 Å². The Morgan fingerprint density at radius 2 is 2.40 bits per heavy atom. The lowest BCUT2D eigenvalue weighted by molar-refractivity contribution is 0.146. The number of hydrogen-bond donors (Lipinski definition) is 2. The molecule has 0 radical (unpaired) electrons. The first-order valence-electron chi connectivity index (χ1n) is 3.05. The molecule has 10 heavy (non-hydrogen) atoms. The van der Waals surface area contributed by atoms with E-state index in [4.69, 9.17) is 5.11 Å². The maximum Gasteiger partial charge on any atom is 0.224 e. The average Bonchev–Trinajstić information content (AvgIpc) is 1.88. The van der Waals surface area contributed by atoms with Crippen LogP contribution in [0.1, 0.15) is 0 Å². The molecule has 2 N–H and O–H groups in total. The van der Waals surface area contributed by atoms with Gasteiger partial charge in [0.05, 0.1) is 0 Å². The molecule has 4 nitrogen and oxygen atoms in total. The zero-order valence-electron chi connectivity index (χ0n) is 6.07. The number of nitrogens with one attached hydrogen (secondary N) is 1. The van der Waals surface area contributed by atoms with Gasteiger partial charge >= 0.3 is 0 Å². The molecule has 0 aromatic rings. The average molecular weight is 141 g/mol. The largest absolute Gasteiger partial charge is 0.364 e. The lowest BCUT2D eigenvalue weighted by Crippen LogP contribution is -2.35. The molecule has 0 aliphatic carbocycles. The van der Waals surface area contributed by atoms with E-state index in [0.29, 0.717) is 0 Å². The standard InChI is InChI=1S/C6H11N3O/c1-9(2)5-3-4-7-6(10)8-5/h3-4,6,8,10H,1-2H3. The molecule has 1 rings (SSSR count). The molecule has 1 atom stereocenters. The van der Waals surface area contributed by atoms with Crippen LogP contribution in [0, 0.1) is 0 Å². The van der Waals surface area contributed by atoms with E-state index in [1.54, 1.807) is 12.3 Å². The van der Waals surface area contributed by atoms with Crippen molar-refractivity contribution in [2.45, 2.75) is 6.35 Å². The third-order valence-corrected chi connectivity index (χ3v) is 1.22. The van der Waals surface area contributed by atoms with Crippen LogP contribution in [-0.2, 0) is 0 Å². The zero-order chi connectivity index (χ0) is 7.56. The second-order valence-corrected chi connectivity index (χ2v) is 2.26. The van der Waals surface area contributed by atoms with Gasteiger partial charge in [-0.15, -0.1) is 0 Å². The smallest absolute Gasteiger partial charge is 0.224 e. The zero-order valence-corrected chi connectivity index (χ0v) is 6.07. The Morgan fingerprint density at radius 1 is 1.70 bits per heavy atom. The van der Waals surface area contributed by atoms with Gasteiger partial charge in [0.2, 0.25) is 6.35 Å². The minimum Gasteiger partial charge on any atom is -0.364 e. The third-order valence-electron chi connectivity index (χ3n) is 1.22. The summed E-state index contributed by atoms with van der Waals surface area (Å²) in [6, 6.07) is 0. The summed E-state index contributed by atoms with van der Waals surface area (Å²) in [5.41, 5.74) is 0. The molecule has 1 aliphatic rings. The summed E-state index contributed by atoms with van der Waals surface area (Å²) in [6.45, 7) is 0. The predicted octanol–water partition coefficient (Wildman–Crippen LogP) is -0.661. The molecular weight excluding hydrogens is 130 g/mol. The number of nitrogens with zero attached hydrogens (tertiary/aromatic N) is 2. The molecule has 0 saturated carbocycles. The molecule has 0 aromatic carbocycles. The summed E-state index contributed by atoms with van der Waals surface area (Å²) in [5.74, 6) is 0.863. The first kappa shape index (κ1) is 7.08. The van der Waals surface area contributed by atoms with E-state index in [-0.39, 0.29) is 0 Å². The Bertz CT molecular complexity index is 174. The molecule has 0 bridgehead atoms. The fraction of sp³-hybridized carbons (Fsp3) is 0.500. The summed E-state index contributed by atoms with van der Waals surface area (Å²) in [6.07, 6.45) is 2.59. The molecule has 1 aliphatic heterocycles. The van der Waals surface area contributed by atoms with Crippen molar-refractivity contribution in [3.05, 3.63) is 11.9 Å². The van der Waals surface area contributed by atoms with E-state index >= 15 is 0 Å². The molecular formula is C6H11N3O. The normalized spacial score (nSPS) is 23.5. The number of rotatable bonds is 1. The molecule has 0 saturated heterocycles. The Labute approximate surface area is 59.9 Å². The highest BCUT2D eigenvalue weighted by atomic mass is 16.3. The van der Waals surface area contributed by atoms with Crippen molar-refractivity contribution in [3.63, 3.8) is 0 Å². The second kappa shape index (κ2) is 2.70. The number of aliphatic hydroxyl groups is 1. The highest BCUT2D eigenvalue weighted by Crippen LogP contribution is 1.98. The summed E-state index contributed by atoms with van der Waals surface area (Å²) >= 11 is 0. The van der Waals surface area contributed by atoms with Crippen molar-refractivity contribution in [1.82, 2.24) is 10.2 Å². The molecule has 0 amide bonds. The first-order chi connectivity index (χ1) is 4.70. The fourth-order valence-corrected chi connectivity index (χ4v) is 0.691. The van der Waals surface area contributed by atoms with Crippen LogP contribution < -0.4 is 5.32 Å². The lowest BCUT2D eigenvalue weighted by atomic mass is 10.5. The van der Waals surface area contributed by atoms with E-state index in [1.165, 1.54) is 0 Å². The van der Waals surface area contributed by atoms with Gasteiger partial charge in [0.15, 0.2) is 0 Å². The molecule has 0 spiro atoms. The summed E-state index contributed by atoms with van der Waals surface area (Å²) in [5, 5.41) is 11.7. The van der Waals surface area contributed by atoms with Crippen LogP contribution in [0.5, 0.6) is 0 Å². The van der Waals surface area contributed by atoms with Crippen LogP contribution in [0.2, 0.25) is 0 Å². The molecule has 0 aromatic heterocycles. The van der Waals surface area contributed by atoms with Crippen LogP contribution in [-0.4, -0.2) is 36.7 Å².